The summed E-state index contributed by atoms with van der Waals surface area (Å²) in [5.41, 5.74) is 1.79. The summed E-state index contributed by atoms with van der Waals surface area (Å²) in [4.78, 5) is 25.3. The van der Waals surface area contributed by atoms with Gasteiger partial charge >= 0.3 is 0 Å². The SMILES string of the molecule is CCCCN(C)C(=O)CC(=O)Nc1ccc(C)c(Br)c1. The van der Waals surface area contributed by atoms with Crippen LogP contribution in [0.15, 0.2) is 22.7 Å². The summed E-state index contributed by atoms with van der Waals surface area (Å²) in [6, 6.07) is 5.57. The summed E-state index contributed by atoms with van der Waals surface area (Å²) in [5.74, 6) is -0.434. The van der Waals surface area contributed by atoms with Gasteiger partial charge in [0, 0.05) is 23.8 Å². The molecular weight excluding hydrogens is 320 g/mol. The zero-order valence-corrected chi connectivity index (χ0v) is 13.8. The second kappa shape index (κ2) is 8.04. The van der Waals surface area contributed by atoms with Crippen LogP contribution in [0.3, 0.4) is 0 Å². The smallest absolute Gasteiger partial charge is 0.233 e. The predicted molar refractivity (Wildman–Crippen MR) is 84.7 cm³/mol. The lowest BCUT2D eigenvalue weighted by atomic mass is 10.2. The lowest BCUT2D eigenvalue weighted by Crippen LogP contribution is -2.31. The fourth-order valence-corrected chi connectivity index (χ4v) is 2.05. The third kappa shape index (κ3) is 5.33. The molecule has 0 unspecified atom stereocenters. The van der Waals surface area contributed by atoms with Crippen molar-refractivity contribution in [2.45, 2.75) is 33.1 Å². The fourth-order valence-electron chi connectivity index (χ4n) is 1.67. The summed E-state index contributed by atoms with van der Waals surface area (Å²) >= 11 is 3.41. The van der Waals surface area contributed by atoms with Crippen LogP contribution in [0.2, 0.25) is 0 Å². The molecule has 0 fully saturated rings. The summed E-state index contributed by atoms with van der Waals surface area (Å²) in [7, 11) is 1.73. The number of nitrogens with zero attached hydrogens (tertiary/aromatic N) is 1. The average Bonchev–Trinajstić information content (AvgIpc) is 2.40. The van der Waals surface area contributed by atoms with Gasteiger partial charge in [-0.3, -0.25) is 9.59 Å². The van der Waals surface area contributed by atoms with Gasteiger partial charge in [-0.05, 0) is 31.0 Å². The van der Waals surface area contributed by atoms with E-state index in [1.54, 1.807) is 11.9 Å². The molecule has 4 nitrogen and oxygen atoms in total. The van der Waals surface area contributed by atoms with Gasteiger partial charge in [-0.2, -0.15) is 0 Å². The molecule has 1 aromatic rings. The third-order valence-corrected chi connectivity index (χ3v) is 3.89. The first-order valence-corrected chi connectivity index (χ1v) is 7.53. The second-order valence-corrected chi connectivity index (χ2v) is 5.71. The average molecular weight is 341 g/mol. The molecule has 1 aromatic carbocycles. The number of aryl methyl sites for hydroxylation is 1. The van der Waals surface area contributed by atoms with E-state index in [1.165, 1.54) is 0 Å². The number of anilines is 1. The maximum atomic E-state index is 11.8. The molecule has 0 radical (unpaired) electrons. The van der Waals surface area contributed by atoms with Crippen molar-refractivity contribution in [3.05, 3.63) is 28.2 Å². The molecule has 1 N–H and O–H groups in total. The molecular formula is C15H21BrN2O2. The Bertz CT molecular complexity index is 489. The number of benzene rings is 1. The Balaban J connectivity index is 2.50. The van der Waals surface area contributed by atoms with Crippen molar-refractivity contribution in [1.29, 1.82) is 0 Å². The Morgan fingerprint density at radius 1 is 1.35 bits per heavy atom. The van der Waals surface area contributed by atoms with E-state index in [2.05, 4.69) is 28.2 Å². The standard InChI is InChI=1S/C15H21BrN2O2/c1-4-5-8-18(3)15(20)10-14(19)17-12-7-6-11(2)13(16)9-12/h6-7,9H,4-5,8,10H2,1-3H3,(H,17,19). The minimum atomic E-state index is -0.283. The molecule has 0 saturated carbocycles. The Labute approximate surface area is 128 Å². The van der Waals surface area contributed by atoms with E-state index in [1.807, 2.05) is 25.1 Å². The molecule has 0 saturated heterocycles. The van der Waals surface area contributed by atoms with Crippen LogP contribution in [0.1, 0.15) is 31.7 Å². The van der Waals surface area contributed by atoms with E-state index in [-0.39, 0.29) is 18.2 Å². The summed E-state index contributed by atoms with van der Waals surface area (Å²) < 4.78 is 0.932. The number of carbonyl (C=O) groups excluding carboxylic acids is 2. The highest BCUT2D eigenvalue weighted by Crippen LogP contribution is 2.20. The quantitative estimate of drug-likeness (QED) is 0.807. The molecule has 0 heterocycles. The number of halogens is 1. The predicted octanol–water partition coefficient (Wildman–Crippen LogP) is 3.34. The normalized spacial score (nSPS) is 10.2. The molecule has 1 rings (SSSR count). The zero-order chi connectivity index (χ0) is 15.1. The molecule has 0 atom stereocenters. The highest BCUT2D eigenvalue weighted by atomic mass is 79.9. The van der Waals surface area contributed by atoms with Crippen LogP contribution in [0.25, 0.3) is 0 Å². The first-order valence-electron chi connectivity index (χ1n) is 6.74. The monoisotopic (exact) mass is 340 g/mol. The van der Waals surface area contributed by atoms with Crippen molar-refractivity contribution >= 4 is 33.4 Å². The summed E-state index contributed by atoms with van der Waals surface area (Å²) in [5, 5.41) is 2.74. The highest BCUT2D eigenvalue weighted by molar-refractivity contribution is 9.10. The van der Waals surface area contributed by atoms with E-state index < -0.39 is 0 Å². The van der Waals surface area contributed by atoms with Gasteiger partial charge in [0.15, 0.2) is 0 Å². The van der Waals surface area contributed by atoms with Crippen molar-refractivity contribution in [2.75, 3.05) is 18.9 Å². The van der Waals surface area contributed by atoms with Crippen molar-refractivity contribution < 1.29 is 9.59 Å². The van der Waals surface area contributed by atoms with Gasteiger partial charge in [0.1, 0.15) is 6.42 Å². The Kier molecular flexibility index (Phi) is 6.71. The molecule has 110 valence electrons. The second-order valence-electron chi connectivity index (χ2n) is 4.86. The van der Waals surface area contributed by atoms with Gasteiger partial charge in [-0.1, -0.05) is 35.3 Å². The molecule has 2 amide bonds. The van der Waals surface area contributed by atoms with Gasteiger partial charge in [0.25, 0.3) is 0 Å². The molecule has 20 heavy (non-hydrogen) atoms. The topological polar surface area (TPSA) is 49.4 Å². The molecule has 0 bridgehead atoms. The van der Waals surface area contributed by atoms with Crippen LogP contribution in [-0.2, 0) is 9.59 Å². The van der Waals surface area contributed by atoms with E-state index in [0.29, 0.717) is 12.2 Å². The van der Waals surface area contributed by atoms with Crippen LogP contribution < -0.4 is 5.32 Å². The maximum absolute atomic E-state index is 11.8. The van der Waals surface area contributed by atoms with Gasteiger partial charge in [-0.25, -0.2) is 0 Å². The van der Waals surface area contributed by atoms with Crippen molar-refractivity contribution in [2.24, 2.45) is 0 Å². The van der Waals surface area contributed by atoms with E-state index in [0.717, 1.165) is 22.9 Å². The van der Waals surface area contributed by atoms with E-state index in [9.17, 15) is 9.59 Å². The highest BCUT2D eigenvalue weighted by Gasteiger charge is 2.13. The molecule has 0 aromatic heterocycles. The number of hydrogen-bond acceptors (Lipinski definition) is 2. The van der Waals surface area contributed by atoms with Gasteiger partial charge in [0.2, 0.25) is 11.8 Å². The van der Waals surface area contributed by atoms with E-state index in [4.69, 9.17) is 0 Å². The third-order valence-electron chi connectivity index (χ3n) is 3.04. The van der Waals surface area contributed by atoms with Crippen LogP contribution >= 0.6 is 15.9 Å². The van der Waals surface area contributed by atoms with Gasteiger partial charge in [0.05, 0.1) is 0 Å². The van der Waals surface area contributed by atoms with Crippen LogP contribution in [0.4, 0.5) is 5.69 Å². The first-order chi connectivity index (χ1) is 9.43. The first kappa shape index (κ1) is 16.7. The minimum absolute atomic E-state index is 0.119. The molecule has 0 spiro atoms. The number of nitrogens with one attached hydrogen (secondary N) is 1. The number of hydrogen-bond donors (Lipinski definition) is 1. The Morgan fingerprint density at radius 2 is 2.05 bits per heavy atom. The van der Waals surface area contributed by atoms with E-state index >= 15 is 0 Å². The Morgan fingerprint density at radius 3 is 2.65 bits per heavy atom. The number of rotatable bonds is 6. The van der Waals surface area contributed by atoms with Crippen molar-refractivity contribution in [3.8, 4) is 0 Å². The molecule has 0 aliphatic carbocycles. The lowest BCUT2D eigenvalue weighted by Gasteiger charge is -2.16. The fraction of sp³-hybridized carbons (Fsp3) is 0.467. The van der Waals surface area contributed by atoms with Crippen molar-refractivity contribution in [3.63, 3.8) is 0 Å². The molecule has 0 aliphatic rings. The zero-order valence-electron chi connectivity index (χ0n) is 12.2. The summed E-state index contributed by atoms with van der Waals surface area (Å²) in [6.45, 7) is 4.74. The summed E-state index contributed by atoms with van der Waals surface area (Å²) in [6.07, 6.45) is 1.86. The molecule has 5 heteroatoms. The molecule has 0 aliphatic heterocycles. The van der Waals surface area contributed by atoms with Gasteiger partial charge in [-0.15, -0.1) is 0 Å². The van der Waals surface area contributed by atoms with Crippen LogP contribution in [-0.4, -0.2) is 30.3 Å². The Hall–Kier alpha value is -1.36. The van der Waals surface area contributed by atoms with Gasteiger partial charge < -0.3 is 10.2 Å². The van der Waals surface area contributed by atoms with Crippen LogP contribution in [0.5, 0.6) is 0 Å². The number of carbonyl (C=O) groups is 2. The van der Waals surface area contributed by atoms with Crippen molar-refractivity contribution in [1.82, 2.24) is 4.90 Å². The number of amides is 2. The maximum Gasteiger partial charge on any atom is 0.233 e. The lowest BCUT2D eigenvalue weighted by molar-refractivity contribution is -0.133. The van der Waals surface area contributed by atoms with Crippen LogP contribution in [0, 0.1) is 6.92 Å². The minimum Gasteiger partial charge on any atom is -0.345 e. The number of unbranched alkanes of at least 4 members (excludes halogenated alkanes) is 1. The largest absolute Gasteiger partial charge is 0.345 e.